The predicted octanol–water partition coefficient (Wildman–Crippen LogP) is 5.19. The maximum Gasteiger partial charge on any atom is 0.139 e. The molecule has 2 aromatic rings. The molecule has 0 fully saturated rings. The monoisotopic (exact) mass is 327 g/mol. The second-order valence-electron chi connectivity index (χ2n) is 4.74. The molecule has 2 atom stereocenters. The molecule has 0 saturated carbocycles. The second-order valence-corrected chi connectivity index (χ2v) is 6.36. The van der Waals surface area contributed by atoms with Crippen LogP contribution in [0.15, 0.2) is 47.4 Å². The summed E-state index contributed by atoms with van der Waals surface area (Å²) in [6.45, 7) is 1.98. The molecule has 0 saturated heterocycles. The summed E-state index contributed by atoms with van der Waals surface area (Å²) in [6.07, 6.45) is 0.743. The number of hydrogen-bond donors (Lipinski definition) is 1. The van der Waals surface area contributed by atoms with Gasteiger partial charge in [0.2, 0.25) is 0 Å². The van der Waals surface area contributed by atoms with Gasteiger partial charge in [-0.2, -0.15) is 0 Å². The number of benzene rings is 2. The third-order valence-corrected chi connectivity index (χ3v) is 4.88. The van der Waals surface area contributed by atoms with E-state index in [1.165, 1.54) is 23.9 Å². The molecule has 2 unspecified atom stereocenters. The van der Waals surface area contributed by atoms with Crippen molar-refractivity contribution in [2.24, 2.45) is 5.73 Å². The van der Waals surface area contributed by atoms with E-state index in [1.807, 2.05) is 25.1 Å². The van der Waals surface area contributed by atoms with E-state index < -0.39 is 11.6 Å². The quantitative estimate of drug-likeness (QED) is 0.765. The van der Waals surface area contributed by atoms with Gasteiger partial charge in [-0.3, -0.25) is 0 Å². The summed E-state index contributed by atoms with van der Waals surface area (Å²) >= 11 is 7.31. The molecule has 0 amide bonds. The van der Waals surface area contributed by atoms with Gasteiger partial charge in [0.05, 0.1) is 0 Å². The predicted molar refractivity (Wildman–Crippen MR) is 84.7 cm³/mol. The fourth-order valence-corrected chi connectivity index (χ4v) is 3.45. The molecule has 0 aliphatic carbocycles. The minimum absolute atomic E-state index is 0.145. The largest absolute Gasteiger partial charge is 0.326 e. The van der Waals surface area contributed by atoms with Crippen LogP contribution in [0.4, 0.5) is 8.78 Å². The summed E-state index contributed by atoms with van der Waals surface area (Å²) in [5.74, 6) is -1.16. The summed E-state index contributed by atoms with van der Waals surface area (Å²) in [5.41, 5.74) is 7.10. The van der Waals surface area contributed by atoms with E-state index in [1.54, 1.807) is 6.07 Å². The van der Waals surface area contributed by atoms with Gasteiger partial charge in [-0.05, 0) is 36.2 Å². The van der Waals surface area contributed by atoms with Crippen LogP contribution in [0.25, 0.3) is 0 Å². The molecule has 2 rings (SSSR count). The zero-order valence-corrected chi connectivity index (χ0v) is 13.1. The molecule has 0 heterocycles. The van der Waals surface area contributed by atoms with Crippen LogP contribution < -0.4 is 5.73 Å². The van der Waals surface area contributed by atoms with Gasteiger partial charge in [-0.25, -0.2) is 8.78 Å². The van der Waals surface area contributed by atoms with E-state index in [2.05, 4.69) is 0 Å². The third kappa shape index (κ3) is 4.19. The molecule has 0 spiro atoms. The minimum atomic E-state index is -0.587. The van der Waals surface area contributed by atoms with E-state index >= 15 is 0 Å². The fourth-order valence-electron chi connectivity index (χ4n) is 2.01. The summed E-state index contributed by atoms with van der Waals surface area (Å²) in [7, 11) is 0. The van der Waals surface area contributed by atoms with Crippen LogP contribution in [0.1, 0.15) is 24.2 Å². The van der Waals surface area contributed by atoms with Crippen LogP contribution >= 0.6 is 23.4 Å². The maximum absolute atomic E-state index is 13.8. The number of nitrogens with two attached hydrogens (primary N) is 1. The number of rotatable bonds is 5. The Kier molecular flexibility index (Phi) is 5.62. The van der Waals surface area contributed by atoms with Gasteiger partial charge in [0.15, 0.2) is 0 Å². The first-order chi connectivity index (χ1) is 10.0. The van der Waals surface area contributed by atoms with Gasteiger partial charge in [0, 0.05) is 27.3 Å². The summed E-state index contributed by atoms with van der Waals surface area (Å²) in [4.78, 5) is 0.380. The zero-order chi connectivity index (χ0) is 15.4. The van der Waals surface area contributed by atoms with Gasteiger partial charge in [0.25, 0.3) is 0 Å². The summed E-state index contributed by atoms with van der Waals surface area (Å²) in [5, 5.41) is 0.467. The van der Waals surface area contributed by atoms with Crippen LogP contribution in [0.5, 0.6) is 0 Å². The molecule has 2 aromatic carbocycles. The lowest BCUT2D eigenvalue weighted by atomic mass is 10.0. The van der Waals surface area contributed by atoms with Gasteiger partial charge in [-0.1, -0.05) is 30.7 Å². The Balaban J connectivity index is 2.33. The third-order valence-electron chi connectivity index (χ3n) is 3.19. The highest BCUT2D eigenvalue weighted by Crippen LogP contribution is 2.39. The van der Waals surface area contributed by atoms with E-state index in [9.17, 15) is 8.78 Å². The highest BCUT2D eigenvalue weighted by molar-refractivity contribution is 7.99. The highest BCUT2D eigenvalue weighted by atomic mass is 35.5. The lowest BCUT2D eigenvalue weighted by molar-refractivity contribution is 0.564. The van der Waals surface area contributed by atoms with Gasteiger partial charge in [-0.15, -0.1) is 11.8 Å². The van der Waals surface area contributed by atoms with E-state index in [0.29, 0.717) is 9.92 Å². The van der Waals surface area contributed by atoms with Crippen LogP contribution in [0.3, 0.4) is 0 Å². The fraction of sp³-hybridized carbons (Fsp3) is 0.250. The molecule has 0 bridgehead atoms. The Bertz CT molecular complexity index is 621. The molecule has 112 valence electrons. The van der Waals surface area contributed by atoms with Crippen molar-refractivity contribution in [1.82, 2.24) is 0 Å². The van der Waals surface area contributed by atoms with Crippen molar-refractivity contribution in [3.05, 3.63) is 64.7 Å². The molecule has 0 aliphatic rings. The normalized spacial score (nSPS) is 14.0. The molecule has 21 heavy (non-hydrogen) atoms. The Morgan fingerprint density at radius 2 is 1.95 bits per heavy atom. The molecular formula is C16H16ClF2NS. The van der Waals surface area contributed by atoms with E-state index in [-0.39, 0.29) is 11.3 Å². The molecule has 0 aromatic heterocycles. The van der Waals surface area contributed by atoms with Crippen molar-refractivity contribution < 1.29 is 8.78 Å². The summed E-state index contributed by atoms with van der Waals surface area (Å²) in [6, 6.07) is 10.8. The smallest absolute Gasteiger partial charge is 0.139 e. The Labute approximate surface area is 132 Å². The Morgan fingerprint density at radius 3 is 2.57 bits per heavy atom. The van der Waals surface area contributed by atoms with Crippen molar-refractivity contribution in [3.8, 4) is 0 Å². The van der Waals surface area contributed by atoms with Gasteiger partial charge in [0.1, 0.15) is 11.6 Å². The number of thioether (sulfide) groups is 1. The minimum Gasteiger partial charge on any atom is -0.326 e. The van der Waals surface area contributed by atoms with Crippen molar-refractivity contribution in [3.63, 3.8) is 0 Å². The van der Waals surface area contributed by atoms with Crippen molar-refractivity contribution in [1.29, 1.82) is 0 Å². The lowest BCUT2D eigenvalue weighted by Crippen LogP contribution is -2.25. The van der Waals surface area contributed by atoms with E-state index in [0.717, 1.165) is 18.1 Å². The van der Waals surface area contributed by atoms with Crippen molar-refractivity contribution in [2.75, 3.05) is 0 Å². The van der Waals surface area contributed by atoms with Gasteiger partial charge < -0.3 is 5.73 Å². The number of halogens is 3. The Morgan fingerprint density at radius 1 is 1.19 bits per heavy atom. The second kappa shape index (κ2) is 7.25. The van der Waals surface area contributed by atoms with Crippen LogP contribution in [0.2, 0.25) is 5.02 Å². The average Bonchev–Trinajstić information content (AvgIpc) is 2.45. The van der Waals surface area contributed by atoms with Crippen molar-refractivity contribution in [2.45, 2.75) is 29.5 Å². The SMILES string of the molecule is CCC(N)C(Sc1ccc(F)cc1F)c1cccc(Cl)c1. The van der Waals surface area contributed by atoms with E-state index in [4.69, 9.17) is 17.3 Å². The molecule has 1 nitrogen and oxygen atoms in total. The van der Waals surface area contributed by atoms with Crippen molar-refractivity contribution >= 4 is 23.4 Å². The average molecular weight is 328 g/mol. The molecule has 5 heteroatoms. The zero-order valence-electron chi connectivity index (χ0n) is 11.5. The van der Waals surface area contributed by atoms with Crippen LogP contribution in [0, 0.1) is 11.6 Å². The Hall–Kier alpha value is -1.10. The number of hydrogen-bond acceptors (Lipinski definition) is 2. The van der Waals surface area contributed by atoms with Crippen LogP contribution in [-0.2, 0) is 0 Å². The maximum atomic E-state index is 13.8. The summed E-state index contributed by atoms with van der Waals surface area (Å²) < 4.78 is 26.8. The van der Waals surface area contributed by atoms with Gasteiger partial charge >= 0.3 is 0 Å². The standard InChI is InChI=1S/C16H16ClF2NS/c1-2-14(20)16(10-4-3-5-11(17)8-10)21-15-7-6-12(18)9-13(15)19/h3-9,14,16H,2,20H2,1H3. The topological polar surface area (TPSA) is 26.0 Å². The highest BCUT2D eigenvalue weighted by Gasteiger charge is 2.21. The lowest BCUT2D eigenvalue weighted by Gasteiger charge is -2.23. The molecule has 0 radical (unpaired) electrons. The molecular weight excluding hydrogens is 312 g/mol. The van der Waals surface area contributed by atoms with Crippen LogP contribution in [-0.4, -0.2) is 6.04 Å². The first kappa shape index (κ1) is 16.3. The first-order valence-corrected chi connectivity index (χ1v) is 7.89. The first-order valence-electron chi connectivity index (χ1n) is 6.64. The molecule has 0 aliphatic heterocycles. The molecule has 2 N–H and O–H groups in total.